The summed E-state index contributed by atoms with van der Waals surface area (Å²) >= 11 is 0. The quantitative estimate of drug-likeness (QED) is 0.338. The molecule has 0 aliphatic heterocycles. The van der Waals surface area contributed by atoms with Crippen molar-refractivity contribution in [3.05, 3.63) is 35.4 Å². The molecule has 0 aliphatic carbocycles. The molecule has 0 unspecified atom stereocenters. The molecule has 0 amide bonds. The molecule has 0 aliphatic rings. The van der Waals surface area contributed by atoms with Crippen LogP contribution in [0.15, 0.2) is 24.3 Å². The summed E-state index contributed by atoms with van der Waals surface area (Å²) in [7, 11) is 0. The van der Waals surface area contributed by atoms with Crippen LogP contribution in [0.4, 0.5) is 0 Å². The Kier molecular flexibility index (Phi) is 11.4. The second-order valence-electron chi connectivity index (χ2n) is 6.56. The molecule has 4 nitrogen and oxygen atoms in total. The van der Waals surface area contributed by atoms with Crippen molar-refractivity contribution in [1.82, 2.24) is 0 Å². The summed E-state index contributed by atoms with van der Waals surface area (Å²) in [5, 5.41) is 8.93. The number of unbranched alkanes of at least 4 members (excludes halogenated alkanes) is 10. The molecule has 0 radical (unpaired) electrons. The van der Waals surface area contributed by atoms with Gasteiger partial charge >= 0.3 is 11.9 Å². The summed E-state index contributed by atoms with van der Waals surface area (Å²) in [6, 6.07) is 5.95. The van der Waals surface area contributed by atoms with Gasteiger partial charge in [0.25, 0.3) is 0 Å². The van der Waals surface area contributed by atoms with Gasteiger partial charge < -0.3 is 9.84 Å². The zero-order chi connectivity index (χ0) is 18.3. The van der Waals surface area contributed by atoms with Crippen LogP contribution < -0.4 is 0 Å². The number of esters is 1. The molecular weight excluding hydrogens is 316 g/mol. The average Bonchev–Trinajstić information content (AvgIpc) is 2.62. The smallest absolute Gasteiger partial charge is 0.338 e. The molecule has 0 atom stereocenters. The van der Waals surface area contributed by atoms with Crippen LogP contribution in [0.25, 0.3) is 0 Å². The number of ether oxygens (including phenoxy) is 1. The fourth-order valence-electron chi connectivity index (χ4n) is 2.79. The highest BCUT2D eigenvalue weighted by Crippen LogP contribution is 2.12. The second kappa shape index (κ2) is 13.5. The van der Waals surface area contributed by atoms with Crippen molar-refractivity contribution >= 4 is 11.9 Å². The van der Waals surface area contributed by atoms with Gasteiger partial charge in [0.05, 0.1) is 17.7 Å². The lowest BCUT2D eigenvalue weighted by Crippen LogP contribution is -2.08. The molecule has 0 heterocycles. The van der Waals surface area contributed by atoms with Crippen molar-refractivity contribution in [1.29, 1.82) is 0 Å². The number of carboxylic acids is 1. The van der Waals surface area contributed by atoms with Crippen molar-refractivity contribution < 1.29 is 19.4 Å². The van der Waals surface area contributed by atoms with Crippen LogP contribution in [0.2, 0.25) is 0 Å². The molecule has 0 fully saturated rings. The minimum atomic E-state index is -1.04. The lowest BCUT2D eigenvalue weighted by molar-refractivity contribution is 0.0497. The molecule has 0 spiro atoms. The molecule has 25 heavy (non-hydrogen) atoms. The lowest BCUT2D eigenvalue weighted by atomic mass is 10.1. The van der Waals surface area contributed by atoms with Crippen LogP contribution in [0.5, 0.6) is 0 Å². The van der Waals surface area contributed by atoms with E-state index >= 15 is 0 Å². The summed E-state index contributed by atoms with van der Waals surface area (Å²) in [5.41, 5.74) is 0.395. The van der Waals surface area contributed by atoms with Gasteiger partial charge in [-0.15, -0.1) is 0 Å². The SMILES string of the molecule is CCCCCCCCCCCCCOC(=O)c1cccc(C(=O)O)c1. The van der Waals surface area contributed by atoms with Gasteiger partial charge in [0, 0.05) is 0 Å². The Morgan fingerprint density at radius 2 is 1.36 bits per heavy atom. The first-order chi connectivity index (χ1) is 12.1. The third-order valence-corrected chi connectivity index (χ3v) is 4.33. The van der Waals surface area contributed by atoms with Crippen LogP contribution in [0.3, 0.4) is 0 Å². The summed E-state index contributed by atoms with van der Waals surface area (Å²) in [4.78, 5) is 22.8. The first kappa shape index (κ1) is 21.2. The Balaban J connectivity index is 2.02. The van der Waals surface area contributed by atoms with Gasteiger partial charge in [0.1, 0.15) is 0 Å². The molecule has 0 bridgehead atoms. The van der Waals surface area contributed by atoms with Crippen molar-refractivity contribution in [2.75, 3.05) is 6.61 Å². The van der Waals surface area contributed by atoms with E-state index in [2.05, 4.69) is 6.92 Å². The lowest BCUT2D eigenvalue weighted by Gasteiger charge is -2.06. The van der Waals surface area contributed by atoms with Crippen LogP contribution in [0, 0.1) is 0 Å². The van der Waals surface area contributed by atoms with E-state index in [0.29, 0.717) is 12.2 Å². The van der Waals surface area contributed by atoms with Gasteiger partial charge in [-0.05, 0) is 24.6 Å². The second-order valence-corrected chi connectivity index (χ2v) is 6.56. The minimum Gasteiger partial charge on any atom is -0.478 e. The highest BCUT2D eigenvalue weighted by Gasteiger charge is 2.10. The highest BCUT2D eigenvalue weighted by atomic mass is 16.5. The van der Waals surface area contributed by atoms with Crippen LogP contribution >= 0.6 is 0 Å². The van der Waals surface area contributed by atoms with Gasteiger partial charge in [-0.2, -0.15) is 0 Å². The maximum absolute atomic E-state index is 11.9. The Labute approximate surface area is 151 Å². The normalized spacial score (nSPS) is 10.6. The number of carbonyl (C=O) groups is 2. The summed E-state index contributed by atoms with van der Waals surface area (Å²) in [5.74, 6) is -1.49. The highest BCUT2D eigenvalue weighted by molar-refractivity contribution is 5.94. The first-order valence-electron chi connectivity index (χ1n) is 9.65. The Morgan fingerprint density at radius 3 is 1.92 bits per heavy atom. The van der Waals surface area contributed by atoms with E-state index < -0.39 is 11.9 Å². The Morgan fingerprint density at radius 1 is 0.840 bits per heavy atom. The van der Waals surface area contributed by atoms with Crippen LogP contribution in [-0.2, 0) is 4.74 Å². The van der Waals surface area contributed by atoms with Gasteiger partial charge in [-0.3, -0.25) is 0 Å². The Bertz CT molecular complexity index is 510. The van der Waals surface area contributed by atoms with Crippen molar-refractivity contribution in [2.45, 2.75) is 77.6 Å². The molecule has 4 heteroatoms. The van der Waals surface area contributed by atoms with E-state index in [1.165, 1.54) is 69.9 Å². The average molecular weight is 348 g/mol. The van der Waals surface area contributed by atoms with E-state index in [-0.39, 0.29) is 5.56 Å². The Hall–Kier alpha value is -1.84. The zero-order valence-electron chi connectivity index (χ0n) is 15.5. The molecular formula is C21H32O4. The molecule has 0 saturated heterocycles. The largest absolute Gasteiger partial charge is 0.478 e. The topological polar surface area (TPSA) is 63.6 Å². The number of hydrogen-bond donors (Lipinski definition) is 1. The van der Waals surface area contributed by atoms with Crippen LogP contribution in [-0.4, -0.2) is 23.7 Å². The van der Waals surface area contributed by atoms with Crippen molar-refractivity contribution in [3.8, 4) is 0 Å². The third-order valence-electron chi connectivity index (χ3n) is 4.33. The summed E-state index contributed by atoms with van der Waals surface area (Å²) in [6.45, 7) is 2.64. The fraction of sp³-hybridized carbons (Fsp3) is 0.619. The van der Waals surface area contributed by atoms with E-state index in [1.54, 1.807) is 12.1 Å². The standard InChI is InChI=1S/C21H32O4/c1-2-3-4-5-6-7-8-9-10-11-12-16-25-21(24)19-15-13-14-18(17-19)20(22)23/h13-15,17H,2-12,16H2,1H3,(H,22,23). The van der Waals surface area contributed by atoms with E-state index in [4.69, 9.17) is 9.84 Å². The molecule has 1 N–H and O–H groups in total. The van der Waals surface area contributed by atoms with Gasteiger partial charge in [0.2, 0.25) is 0 Å². The molecule has 140 valence electrons. The van der Waals surface area contributed by atoms with Gasteiger partial charge in [0.15, 0.2) is 0 Å². The summed E-state index contributed by atoms with van der Waals surface area (Å²) in [6.07, 6.45) is 13.8. The van der Waals surface area contributed by atoms with E-state index in [1.807, 2.05) is 0 Å². The summed E-state index contributed by atoms with van der Waals surface area (Å²) < 4.78 is 5.21. The molecule has 1 rings (SSSR count). The van der Waals surface area contributed by atoms with Crippen molar-refractivity contribution in [2.24, 2.45) is 0 Å². The number of rotatable bonds is 14. The predicted molar refractivity (Wildman–Crippen MR) is 100 cm³/mol. The molecule has 1 aromatic rings. The van der Waals surface area contributed by atoms with E-state index in [0.717, 1.165) is 12.8 Å². The monoisotopic (exact) mass is 348 g/mol. The number of carbonyl (C=O) groups excluding carboxylic acids is 1. The number of benzene rings is 1. The van der Waals surface area contributed by atoms with Crippen LogP contribution in [0.1, 0.15) is 98.3 Å². The minimum absolute atomic E-state index is 0.101. The van der Waals surface area contributed by atoms with Gasteiger partial charge in [-0.25, -0.2) is 9.59 Å². The third kappa shape index (κ3) is 9.90. The maximum atomic E-state index is 11.9. The number of carboxylic acid groups (broad SMARTS) is 1. The fourth-order valence-corrected chi connectivity index (χ4v) is 2.79. The number of hydrogen-bond acceptors (Lipinski definition) is 3. The molecule has 1 aromatic carbocycles. The maximum Gasteiger partial charge on any atom is 0.338 e. The number of aromatic carboxylic acids is 1. The zero-order valence-corrected chi connectivity index (χ0v) is 15.5. The first-order valence-corrected chi connectivity index (χ1v) is 9.65. The van der Waals surface area contributed by atoms with Gasteiger partial charge in [-0.1, -0.05) is 77.2 Å². The van der Waals surface area contributed by atoms with Crippen molar-refractivity contribution in [3.63, 3.8) is 0 Å². The molecule has 0 saturated carbocycles. The predicted octanol–water partition coefficient (Wildman–Crippen LogP) is 5.85. The van der Waals surface area contributed by atoms with E-state index in [9.17, 15) is 9.59 Å². The molecule has 0 aromatic heterocycles.